The zero-order valence-electron chi connectivity index (χ0n) is 33.9. The predicted molar refractivity (Wildman–Crippen MR) is 263 cm³/mol. The van der Waals surface area contributed by atoms with Gasteiger partial charge in [-0.25, -0.2) is 0 Å². The van der Waals surface area contributed by atoms with Gasteiger partial charge in [0.2, 0.25) is 0 Å². The maximum atomic E-state index is 6.54. The molecular formula is C60H39NO. The van der Waals surface area contributed by atoms with E-state index < -0.39 is 0 Å². The number of furan rings is 1. The summed E-state index contributed by atoms with van der Waals surface area (Å²) in [7, 11) is 0. The van der Waals surface area contributed by atoms with E-state index in [1.165, 1.54) is 60.3 Å². The standard InChI is InChI=1S/C60H39NO/c1-2-9-40(10-3-1)41-17-19-42(20-18-41)43-23-31-50(32-24-43)61(51-33-25-44(26-34-51)48-30-37-54-49(39-48)22-21-45-11-4-6-13-53(45)54)52-35-27-47(28-36-52)55-15-8-16-58-59(55)57-38-29-46-12-5-7-14-56(46)60(57)62-58/h1-39H. The van der Waals surface area contributed by atoms with E-state index in [-0.39, 0.29) is 0 Å². The Labute approximate surface area is 360 Å². The lowest BCUT2D eigenvalue weighted by Gasteiger charge is -2.26. The third-order valence-electron chi connectivity index (χ3n) is 12.5. The number of benzene rings is 11. The van der Waals surface area contributed by atoms with E-state index in [1.807, 2.05) is 0 Å². The van der Waals surface area contributed by atoms with Gasteiger partial charge in [0.1, 0.15) is 11.2 Å². The molecule has 2 nitrogen and oxygen atoms in total. The molecule has 0 N–H and O–H groups in total. The van der Waals surface area contributed by atoms with Crippen LogP contribution in [0.25, 0.3) is 98.8 Å². The van der Waals surface area contributed by atoms with E-state index in [0.717, 1.165) is 55.5 Å². The molecule has 12 rings (SSSR count). The van der Waals surface area contributed by atoms with Crippen LogP contribution in [-0.4, -0.2) is 0 Å². The summed E-state index contributed by atoms with van der Waals surface area (Å²) >= 11 is 0. The fourth-order valence-corrected chi connectivity index (χ4v) is 9.32. The van der Waals surface area contributed by atoms with E-state index in [1.54, 1.807) is 0 Å². The van der Waals surface area contributed by atoms with Crippen molar-refractivity contribution in [1.29, 1.82) is 0 Å². The average molecular weight is 790 g/mol. The number of hydrogen-bond acceptors (Lipinski definition) is 2. The quantitative estimate of drug-likeness (QED) is 0.150. The molecule has 0 unspecified atom stereocenters. The van der Waals surface area contributed by atoms with Gasteiger partial charge in [-0.1, -0.05) is 182 Å². The topological polar surface area (TPSA) is 16.4 Å². The van der Waals surface area contributed by atoms with Gasteiger partial charge in [0, 0.05) is 33.2 Å². The van der Waals surface area contributed by atoms with Gasteiger partial charge in [-0.05, 0) is 126 Å². The Morgan fingerprint density at radius 1 is 0.274 bits per heavy atom. The molecule has 0 aliphatic rings. The molecule has 12 aromatic rings. The summed E-state index contributed by atoms with van der Waals surface area (Å²) in [5, 5.41) is 9.66. The highest BCUT2D eigenvalue weighted by Crippen LogP contribution is 2.42. The van der Waals surface area contributed by atoms with Gasteiger partial charge in [-0.15, -0.1) is 0 Å². The molecule has 1 aromatic heterocycles. The second-order valence-electron chi connectivity index (χ2n) is 16.1. The van der Waals surface area contributed by atoms with Gasteiger partial charge in [-0.2, -0.15) is 0 Å². The van der Waals surface area contributed by atoms with Crippen molar-refractivity contribution in [2.75, 3.05) is 4.90 Å². The first kappa shape index (κ1) is 35.7. The maximum absolute atomic E-state index is 6.54. The summed E-state index contributed by atoms with van der Waals surface area (Å²) in [5.74, 6) is 0. The molecule has 0 aliphatic carbocycles. The third kappa shape index (κ3) is 6.20. The summed E-state index contributed by atoms with van der Waals surface area (Å²) < 4.78 is 6.54. The van der Waals surface area contributed by atoms with Crippen LogP contribution in [0.15, 0.2) is 241 Å². The third-order valence-corrected chi connectivity index (χ3v) is 12.5. The highest BCUT2D eigenvalue weighted by atomic mass is 16.3. The van der Waals surface area contributed by atoms with Crippen molar-refractivity contribution in [1.82, 2.24) is 0 Å². The largest absolute Gasteiger partial charge is 0.455 e. The Bertz CT molecular complexity index is 3590. The van der Waals surface area contributed by atoms with Crippen molar-refractivity contribution >= 4 is 71.3 Å². The number of anilines is 3. The summed E-state index contributed by atoms with van der Waals surface area (Å²) in [6.45, 7) is 0. The van der Waals surface area contributed by atoms with Crippen LogP contribution in [0.2, 0.25) is 0 Å². The summed E-state index contributed by atoms with van der Waals surface area (Å²) in [6.07, 6.45) is 0. The second-order valence-corrected chi connectivity index (χ2v) is 16.1. The first-order chi connectivity index (χ1) is 30.7. The van der Waals surface area contributed by atoms with Gasteiger partial charge in [0.25, 0.3) is 0 Å². The molecule has 0 aliphatic heterocycles. The fraction of sp³-hybridized carbons (Fsp3) is 0. The van der Waals surface area contributed by atoms with E-state index in [9.17, 15) is 0 Å². The highest BCUT2D eigenvalue weighted by molar-refractivity contribution is 6.19. The molecule has 0 fully saturated rings. The van der Waals surface area contributed by atoms with Crippen LogP contribution in [0.3, 0.4) is 0 Å². The lowest BCUT2D eigenvalue weighted by atomic mass is 9.97. The van der Waals surface area contributed by atoms with Gasteiger partial charge in [-0.3, -0.25) is 0 Å². The van der Waals surface area contributed by atoms with Crippen LogP contribution in [-0.2, 0) is 0 Å². The Hall–Kier alpha value is -8.20. The molecule has 2 heteroatoms. The van der Waals surface area contributed by atoms with Crippen LogP contribution < -0.4 is 4.90 Å². The van der Waals surface area contributed by atoms with Crippen molar-refractivity contribution in [3.8, 4) is 44.5 Å². The molecule has 0 atom stereocenters. The molecule has 0 radical (unpaired) electrons. The van der Waals surface area contributed by atoms with Gasteiger partial charge < -0.3 is 9.32 Å². The summed E-state index contributed by atoms with van der Waals surface area (Å²) in [5.41, 5.74) is 14.6. The van der Waals surface area contributed by atoms with Gasteiger partial charge in [0.15, 0.2) is 0 Å². The van der Waals surface area contributed by atoms with E-state index >= 15 is 0 Å². The molecule has 0 amide bonds. The number of hydrogen-bond donors (Lipinski definition) is 0. The summed E-state index contributed by atoms with van der Waals surface area (Å²) in [4.78, 5) is 2.35. The molecular weight excluding hydrogens is 751 g/mol. The molecule has 0 saturated heterocycles. The molecule has 11 aromatic carbocycles. The lowest BCUT2D eigenvalue weighted by molar-refractivity contribution is 0.673. The minimum absolute atomic E-state index is 0.897. The Morgan fingerprint density at radius 2 is 0.726 bits per heavy atom. The maximum Gasteiger partial charge on any atom is 0.143 e. The minimum Gasteiger partial charge on any atom is -0.455 e. The Morgan fingerprint density at radius 3 is 1.39 bits per heavy atom. The van der Waals surface area contributed by atoms with Crippen molar-refractivity contribution in [2.24, 2.45) is 0 Å². The van der Waals surface area contributed by atoms with Crippen LogP contribution in [0, 0.1) is 0 Å². The normalized spacial score (nSPS) is 11.5. The number of rotatable bonds is 7. The van der Waals surface area contributed by atoms with Crippen molar-refractivity contribution in [3.63, 3.8) is 0 Å². The molecule has 0 spiro atoms. The zero-order valence-corrected chi connectivity index (χ0v) is 33.9. The smallest absolute Gasteiger partial charge is 0.143 e. The number of fused-ring (bicyclic) bond motifs is 8. The molecule has 290 valence electrons. The zero-order chi connectivity index (χ0) is 41.0. The monoisotopic (exact) mass is 789 g/mol. The second kappa shape index (κ2) is 14.8. The van der Waals surface area contributed by atoms with Crippen LogP contribution in [0.1, 0.15) is 0 Å². The molecule has 62 heavy (non-hydrogen) atoms. The summed E-state index contributed by atoms with van der Waals surface area (Å²) in [6, 6.07) is 85.4. The first-order valence-electron chi connectivity index (χ1n) is 21.2. The highest BCUT2D eigenvalue weighted by Gasteiger charge is 2.17. The minimum atomic E-state index is 0.897. The average Bonchev–Trinajstić information content (AvgIpc) is 3.75. The predicted octanol–water partition coefficient (Wildman–Crippen LogP) is 17.2. The lowest BCUT2D eigenvalue weighted by Crippen LogP contribution is -2.09. The first-order valence-corrected chi connectivity index (χ1v) is 21.2. The Kier molecular flexibility index (Phi) is 8.53. The molecule has 0 bridgehead atoms. The SMILES string of the molecule is c1ccc(-c2ccc(-c3ccc(N(c4ccc(-c5ccc6c(ccc7ccccc76)c5)cc4)c4ccc(-c5cccc6oc7c8ccccc8ccc7c56)cc4)cc3)cc2)cc1. The van der Waals surface area contributed by atoms with Crippen LogP contribution in [0.5, 0.6) is 0 Å². The van der Waals surface area contributed by atoms with Crippen molar-refractivity contribution in [3.05, 3.63) is 237 Å². The fourth-order valence-electron chi connectivity index (χ4n) is 9.32. The molecule has 1 heterocycles. The van der Waals surface area contributed by atoms with E-state index in [4.69, 9.17) is 4.42 Å². The van der Waals surface area contributed by atoms with Crippen molar-refractivity contribution < 1.29 is 4.42 Å². The van der Waals surface area contributed by atoms with Gasteiger partial charge in [0.05, 0.1) is 0 Å². The van der Waals surface area contributed by atoms with Gasteiger partial charge >= 0.3 is 0 Å². The van der Waals surface area contributed by atoms with E-state index in [0.29, 0.717) is 0 Å². The number of nitrogens with zero attached hydrogens (tertiary/aromatic N) is 1. The van der Waals surface area contributed by atoms with E-state index in [2.05, 4.69) is 241 Å². The Balaban J connectivity index is 0.917. The van der Waals surface area contributed by atoms with Crippen LogP contribution in [0.4, 0.5) is 17.1 Å². The van der Waals surface area contributed by atoms with Crippen molar-refractivity contribution in [2.45, 2.75) is 0 Å². The molecule has 0 saturated carbocycles. The van der Waals surface area contributed by atoms with Crippen LogP contribution >= 0.6 is 0 Å².